The van der Waals surface area contributed by atoms with Crippen molar-refractivity contribution in [1.82, 2.24) is 0 Å². The molecule has 3 aliphatic rings. The summed E-state index contributed by atoms with van der Waals surface area (Å²) >= 11 is 0. The number of hydrogen-bond acceptors (Lipinski definition) is 1. The van der Waals surface area contributed by atoms with E-state index in [-0.39, 0.29) is 0 Å². The first kappa shape index (κ1) is 10.8. The summed E-state index contributed by atoms with van der Waals surface area (Å²) in [4.78, 5) is 11.9. The standard InChI is InChI=1S/C15H24O/c1-9(16)13-10-5-4-8-15(2,3)14-11(10)6-7-12(13)14/h10-14H,4-8H2,1-3H3/t10-,11-,12+,13+,14+/m0/s1. The molecule has 0 amide bonds. The van der Waals surface area contributed by atoms with Gasteiger partial charge < -0.3 is 0 Å². The molecule has 0 aromatic rings. The zero-order valence-corrected chi connectivity index (χ0v) is 10.8. The van der Waals surface area contributed by atoms with Crippen LogP contribution in [0.5, 0.6) is 0 Å². The molecule has 3 fully saturated rings. The second-order valence-electron chi connectivity index (χ2n) is 7.11. The Kier molecular flexibility index (Phi) is 2.25. The van der Waals surface area contributed by atoms with Crippen molar-refractivity contribution in [3.63, 3.8) is 0 Å². The normalized spacial score (nSPS) is 49.1. The zero-order valence-electron chi connectivity index (χ0n) is 10.8. The Morgan fingerprint density at radius 1 is 1.06 bits per heavy atom. The van der Waals surface area contributed by atoms with Crippen molar-refractivity contribution in [2.24, 2.45) is 35.0 Å². The summed E-state index contributed by atoms with van der Waals surface area (Å²) in [5.74, 6) is 4.15. The van der Waals surface area contributed by atoms with Gasteiger partial charge in [0.25, 0.3) is 0 Å². The van der Waals surface area contributed by atoms with E-state index in [9.17, 15) is 4.79 Å². The Morgan fingerprint density at radius 3 is 2.44 bits per heavy atom. The Balaban J connectivity index is 2.00. The van der Waals surface area contributed by atoms with E-state index in [0.29, 0.717) is 17.1 Å². The van der Waals surface area contributed by atoms with Crippen molar-refractivity contribution in [2.45, 2.75) is 52.9 Å². The molecule has 4 bridgehead atoms. The van der Waals surface area contributed by atoms with Crippen LogP contribution in [0.2, 0.25) is 0 Å². The van der Waals surface area contributed by atoms with Crippen molar-refractivity contribution >= 4 is 5.78 Å². The third kappa shape index (κ3) is 1.26. The van der Waals surface area contributed by atoms with Crippen LogP contribution in [0.3, 0.4) is 0 Å². The van der Waals surface area contributed by atoms with Gasteiger partial charge in [-0.1, -0.05) is 20.3 Å². The first-order valence-corrected chi connectivity index (χ1v) is 7.03. The molecule has 90 valence electrons. The van der Waals surface area contributed by atoms with Crippen LogP contribution in [0, 0.1) is 35.0 Å². The van der Waals surface area contributed by atoms with Crippen molar-refractivity contribution in [2.75, 3.05) is 0 Å². The van der Waals surface area contributed by atoms with Crippen LogP contribution in [0.15, 0.2) is 0 Å². The monoisotopic (exact) mass is 220 g/mol. The molecule has 3 rings (SSSR count). The molecule has 0 saturated heterocycles. The second kappa shape index (κ2) is 3.34. The summed E-state index contributed by atoms with van der Waals surface area (Å²) in [6.07, 6.45) is 6.80. The summed E-state index contributed by atoms with van der Waals surface area (Å²) < 4.78 is 0. The molecule has 0 aromatic carbocycles. The summed E-state index contributed by atoms with van der Waals surface area (Å²) in [7, 11) is 0. The SMILES string of the molecule is CC(=O)[C@H]1[C@H]2CC[C@H]3[C@@H]1CCCC(C)(C)[C@@H]23. The fraction of sp³-hybridized carbons (Fsp3) is 0.933. The van der Waals surface area contributed by atoms with E-state index in [4.69, 9.17) is 0 Å². The van der Waals surface area contributed by atoms with Gasteiger partial charge in [0, 0.05) is 5.92 Å². The highest BCUT2D eigenvalue weighted by molar-refractivity contribution is 5.79. The fourth-order valence-electron chi connectivity index (χ4n) is 5.64. The maximum Gasteiger partial charge on any atom is 0.133 e. The molecule has 0 N–H and O–H groups in total. The molecule has 3 saturated carbocycles. The Bertz CT molecular complexity index is 317. The minimum Gasteiger partial charge on any atom is -0.300 e. The van der Waals surface area contributed by atoms with Gasteiger partial charge in [-0.3, -0.25) is 4.79 Å². The predicted molar refractivity (Wildman–Crippen MR) is 65.0 cm³/mol. The van der Waals surface area contributed by atoms with Crippen LogP contribution in [0.1, 0.15) is 52.9 Å². The van der Waals surface area contributed by atoms with Gasteiger partial charge in [-0.15, -0.1) is 0 Å². The van der Waals surface area contributed by atoms with Crippen molar-refractivity contribution in [3.8, 4) is 0 Å². The molecule has 0 unspecified atom stereocenters. The lowest BCUT2D eigenvalue weighted by atomic mass is 9.69. The summed E-state index contributed by atoms with van der Waals surface area (Å²) in [5.41, 5.74) is 0.491. The Hall–Kier alpha value is -0.330. The molecular formula is C15H24O. The topological polar surface area (TPSA) is 17.1 Å². The number of ketones is 1. The summed E-state index contributed by atoms with van der Waals surface area (Å²) in [6, 6.07) is 0. The molecule has 0 aromatic heterocycles. The van der Waals surface area contributed by atoms with Crippen LogP contribution in [-0.2, 0) is 4.79 Å². The number of rotatable bonds is 1. The predicted octanol–water partition coefficient (Wildman–Crippen LogP) is 3.67. The molecule has 5 atom stereocenters. The molecule has 1 heteroatoms. The van der Waals surface area contributed by atoms with Crippen LogP contribution >= 0.6 is 0 Å². The number of carbonyl (C=O) groups is 1. The lowest BCUT2D eigenvalue weighted by Crippen LogP contribution is -2.31. The van der Waals surface area contributed by atoms with Crippen LogP contribution in [0.4, 0.5) is 0 Å². The highest BCUT2D eigenvalue weighted by Gasteiger charge is 2.60. The lowest BCUT2D eigenvalue weighted by molar-refractivity contribution is -0.124. The van der Waals surface area contributed by atoms with E-state index in [1.807, 2.05) is 6.92 Å². The van der Waals surface area contributed by atoms with E-state index in [1.165, 1.54) is 32.1 Å². The zero-order chi connectivity index (χ0) is 11.5. The van der Waals surface area contributed by atoms with Crippen molar-refractivity contribution in [3.05, 3.63) is 0 Å². The van der Waals surface area contributed by atoms with Crippen LogP contribution < -0.4 is 0 Å². The number of hydrogen-bond donors (Lipinski definition) is 0. The van der Waals surface area contributed by atoms with Crippen molar-refractivity contribution in [1.29, 1.82) is 0 Å². The average molecular weight is 220 g/mol. The summed E-state index contributed by atoms with van der Waals surface area (Å²) in [6.45, 7) is 6.74. The lowest BCUT2D eigenvalue weighted by Gasteiger charge is -2.35. The second-order valence-corrected chi connectivity index (χ2v) is 7.11. The molecule has 1 nitrogen and oxygen atoms in total. The van der Waals surface area contributed by atoms with Gasteiger partial charge in [0.15, 0.2) is 0 Å². The van der Waals surface area contributed by atoms with E-state index >= 15 is 0 Å². The van der Waals surface area contributed by atoms with Crippen LogP contribution in [0.25, 0.3) is 0 Å². The molecule has 16 heavy (non-hydrogen) atoms. The maximum absolute atomic E-state index is 11.9. The number of Topliss-reactive ketones (excluding diaryl/α,β-unsaturated/α-hetero) is 1. The number of carbonyl (C=O) groups excluding carboxylic acids is 1. The van der Waals surface area contributed by atoms with E-state index < -0.39 is 0 Å². The first-order valence-electron chi connectivity index (χ1n) is 7.03. The minimum absolute atomic E-state index is 0.434. The van der Waals surface area contributed by atoms with Gasteiger partial charge in [-0.05, 0) is 61.7 Å². The highest BCUT2D eigenvalue weighted by Crippen LogP contribution is 2.65. The van der Waals surface area contributed by atoms with Crippen molar-refractivity contribution < 1.29 is 4.79 Å². The summed E-state index contributed by atoms with van der Waals surface area (Å²) in [5, 5.41) is 0. The Morgan fingerprint density at radius 2 is 1.75 bits per heavy atom. The van der Waals surface area contributed by atoms with Gasteiger partial charge in [-0.25, -0.2) is 0 Å². The molecule has 0 spiro atoms. The van der Waals surface area contributed by atoms with Crippen LogP contribution in [-0.4, -0.2) is 5.78 Å². The quantitative estimate of drug-likeness (QED) is 0.659. The molecular weight excluding hydrogens is 196 g/mol. The van der Waals surface area contributed by atoms with E-state index in [0.717, 1.165) is 23.7 Å². The first-order chi connectivity index (χ1) is 7.52. The van der Waals surface area contributed by atoms with Gasteiger partial charge >= 0.3 is 0 Å². The maximum atomic E-state index is 11.9. The molecule has 0 radical (unpaired) electrons. The fourth-order valence-corrected chi connectivity index (χ4v) is 5.64. The highest BCUT2D eigenvalue weighted by atomic mass is 16.1. The molecule has 3 aliphatic carbocycles. The molecule has 0 heterocycles. The minimum atomic E-state index is 0.434. The van der Waals surface area contributed by atoms with E-state index in [2.05, 4.69) is 13.8 Å². The third-order valence-electron chi connectivity index (χ3n) is 5.96. The third-order valence-corrected chi connectivity index (χ3v) is 5.96. The van der Waals surface area contributed by atoms with E-state index in [1.54, 1.807) is 0 Å². The smallest absolute Gasteiger partial charge is 0.133 e. The largest absolute Gasteiger partial charge is 0.300 e. The van der Waals surface area contributed by atoms with Gasteiger partial charge in [0.2, 0.25) is 0 Å². The van der Waals surface area contributed by atoms with Gasteiger partial charge in [-0.2, -0.15) is 0 Å². The van der Waals surface area contributed by atoms with Gasteiger partial charge in [0.1, 0.15) is 5.78 Å². The molecule has 0 aliphatic heterocycles. The average Bonchev–Trinajstić information content (AvgIpc) is 2.67. The Labute approximate surface area is 99.0 Å². The van der Waals surface area contributed by atoms with Gasteiger partial charge in [0.05, 0.1) is 0 Å².